The third-order valence-corrected chi connectivity index (χ3v) is 7.45. The van der Waals surface area contributed by atoms with Crippen LogP contribution in [-0.2, 0) is 20.8 Å². The number of carbonyl (C=O) groups is 4. The Labute approximate surface area is 219 Å². The van der Waals surface area contributed by atoms with Crippen LogP contribution in [0.3, 0.4) is 0 Å². The number of nitrogens with one attached hydrogen (secondary N) is 3. The number of nitrogens with zero attached hydrogens (tertiary/aromatic N) is 1. The molecule has 0 spiro atoms. The SMILES string of the molecule is CC(C)[C@H](NC(=O)[C@@H]1Cc2c([nH]c3ccccc23)[C@@H]2c3ccccc3C(=O)N21)C(=O)N[C@H](C(=O)O)[C@@H](C)O. The number of hydrogen-bond donors (Lipinski definition) is 5. The molecule has 10 nitrogen and oxygen atoms in total. The van der Waals surface area contributed by atoms with Crippen molar-refractivity contribution in [2.45, 2.75) is 57.5 Å². The van der Waals surface area contributed by atoms with Gasteiger partial charge in [-0.05, 0) is 36.1 Å². The fourth-order valence-corrected chi connectivity index (χ4v) is 5.55. The van der Waals surface area contributed by atoms with Gasteiger partial charge in [0, 0.05) is 28.6 Å². The number of fused-ring (bicyclic) bond motifs is 7. The average molecular weight is 519 g/mol. The molecular formula is C28H30N4O6. The molecular weight excluding hydrogens is 488 g/mol. The minimum absolute atomic E-state index is 0.249. The highest BCUT2D eigenvalue weighted by Gasteiger charge is 2.49. The molecule has 1 aromatic heterocycles. The van der Waals surface area contributed by atoms with Crippen LogP contribution in [0.2, 0.25) is 0 Å². The van der Waals surface area contributed by atoms with E-state index in [1.165, 1.54) is 6.92 Å². The predicted octanol–water partition coefficient (Wildman–Crippen LogP) is 1.73. The Morgan fingerprint density at radius 2 is 1.68 bits per heavy atom. The number of aliphatic hydroxyl groups is 1. The molecule has 0 fully saturated rings. The Hall–Kier alpha value is -4.18. The molecule has 3 aromatic rings. The van der Waals surface area contributed by atoms with Gasteiger partial charge in [-0.1, -0.05) is 50.2 Å². The normalized spacial score (nSPS) is 20.3. The van der Waals surface area contributed by atoms with Crippen molar-refractivity contribution in [1.29, 1.82) is 0 Å². The number of benzene rings is 2. The van der Waals surface area contributed by atoms with Crippen LogP contribution in [-0.4, -0.2) is 68.0 Å². The van der Waals surface area contributed by atoms with Crippen LogP contribution in [0.5, 0.6) is 0 Å². The summed E-state index contributed by atoms with van der Waals surface area (Å²) in [6, 6.07) is 11.1. The zero-order valence-electron chi connectivity index (χ0n) is 21.3. The van der Waals surface area contributed by atoms with E-state index in [1.54, 1.807) is 30.9 Å². The fourth-order valence-electron chi connectivity index (χ4n) is 5.55. The first-order valence-corrected chi connectivity index (χ1v) is 12.6. The topological polar surface area (TPSA) is 152 Å². The molecule has 0 saturated carbocycles. The predicted molar refractivity (Wildman–Crippen MR) is 138 cm³/mol. The highest BCUT2D eigenvalue weighted by molar-refractivity contribution is 6.04. The van der Waals surface area contributed by atoms with Gasteiger partial charge < -0.3 is 30.7 Å². The third-order valence-electron chi connectivity index (χ3n) is 7.45. The summed E-state index contributed by atoms with van der Waals surface area (Å²) in [6.45, 7) is 4.71. The van der Waals surface area contributed by atoms with E-state index in [0.717, 1.165) is 27.7 Å². The van der Waals surface area contributed by atoms with Crippen LogP contribution >= 0.6 is 0 Å². The number of aliphatic carboxylic acids is 1. The number of aromatic nitrogens is 1. The molecule has 5 N–H and O–H groups in total. The van der Waals surface area contributed by atoms with Crippen molar-refractivity contribution < 1.29 is 29.4 Å². The van der Waals surface area contributed by atoms with Gasteiger partial charge in [-0.3, -0.25) is 14.4 Å². The van der Waals surface area contributed by atoms with Gasteiger partial charge in [0.15, 0.2) is 6.04 Å². The number of carboxylic acid groups (broad SMARTS) is 1. The highest BCUT2D eigenvalue weighted by atomic mass is 16.4. The maximum absolute atomic E-state index is 13.8. The number of para-hydroxylation sites is 1. The number of amides is 3. The van der Waals surface area contributed by atoms with E-state index in [0.29, 0.717) is 5.56 Å². The lowest BCUT2D eigenvalue weighted by Crippen LogP contribution is -2.60. The van der Waals surface area contributed by atoms with Gasteiger partial charge in [0.1, 0.15) is 12.1 Å². The second-order valence-corrected chi connectivity index (χ2v) is 10.3. The molecule has 3 amide bonds. The molecule has 5 rings (SSSR count). The third kappa shape index (κ3) is 4.10. The van der Waals surface area contributed by atoms with Crippen LogP contribution in [0, 0.1) is 5.92 Å². The first-order chi connectivity index (χ1) is 18.1. The zero-order valence-corrected chi connectivity index (χ0v) is 21.3. The van der Waals surface area contributed by atoms with Crippen molar-refractivity contribution in [2.24, 2.45) is 5.92 Å². The van der Waals surface area contributed by atoms with E-state index < -0.39 is 54.0 Å². The lowest BCUT2D eigenvalue weighted by molar-refractivity contribution is -0.145. The molecule has 0 unspecified atom stereocenters. The second kappa shape index (κ2) is 9.60. The Morgan fingerprint density at radius 1 is 1.00 bits per heavy atom. The van der Waals surface area contributed by atoms with Crippen LogP contribution in [0.4, 0.5) is 0 Å². The standard InChI is InChI=1S/C28H30N4O6/c1-13(2)21(26(35)31-22(14(3)33)28(37)38)30-25(34)20-12-18-15-8-6-7-11-19(15)29-23(18)24-16-9-4-5-10-17(16)27(36)32(20)24/h4-11,13-14,20-22,24,29,33H,12H2,1-3H3,(H,30,34)(H,31,35)(H,37,38)/t14-,20+,21+,22+,24+/m1/s1. The van der Waals surface area contributed by atoms with E-state index in [2.05, 4.69) is 15.6 Å². The largest absolute Gasteiger partial charge is 0.480 e. The smallest absolute Gasteiger partial charge is 0.328 e. The van der Waals surface area contributed by atoms with Gasteiger partial charge in [0.2, 0.25) is 11.8 Å². The van der Waals surface area contributed by atoms with Crippen LogP contribution < -0.4 is 10.6 Å². The summed E-state index contributed by atoms with van der Waals surface area (Å²) in [5.74, 6) is -3.27. The van der Waals surface area contributed by atoms with E-state index in [1.807, 2.05) is 36.4 Å². The molecule has 0 aliphatic carbocycles. The molecule has 2 aromatic carbocycles. The molecule has 198 valence electrons. The molecule has 0 saturated heterocycles. The molecule has 38 heavy (non-hydrogen) atoms. The number of rotatable bonds is 7. The maximum atomic E-state index is 13.8. The van der Waals surface area contributed by atoms with Gasteiger partial charge in [-0.25, -0.2) is 4.79 Å². The number of carboxylic acids is 1. The van der Waals surface area contributed by atoms with Gasteiger partial charge in [-0.2, -0.15) is 0 Å². The summed E-state index contributed by atoms with van der Waals surface area (Å²) in [6.07, 6.45) is -1.08. The van der Waals surface area contributed by atoms with Crippen molar-refractivity contribution in [3.8, 4) is 0 Å². The second-order valence-electron chi connectivity index (χ2n) is 10.3. The summed E-state index contributed by atoms with van der Waals surface area (Å²) >= 11 is 0. The van der Waals surface area contributed by atoms with Crippen LogP contribution in [0.15, 0.2) is 48.5 Å². The summed E-state index contributed by atoms with van der Waals surface area (Å²) < 4.78 is 0. The minimum Gasteiger partial charge on any atom is -0.480 e. The summed E-state index contributed by atoms with van der Waals surface area (Å²) in [5, 5.41) is 25.2. The molecule has 3 heterocycles. The maximum Gasteiger partial charge on any atom is 0.328 e. The van der Waals surface area contributed by atoms with Crippen molar-refractivity contribution in [2.75, 3.05) is 0 Å². The zero-order chi connectivity index (χ0) is 27.3. The van der Waals surface area contributed by atoms with Crippen LogP contribution in [0.1, 0.15) is 54.0 Å². The molecule has 0 radical (unpaired) electrons. The lowest BCUT2D eigenvalue weighted by atomic mass is 9.89. The van der Waals surface area contributed by atoms with Crippen molar-refractivity contribution in [3.05, 3.63) is 70.9 Å². The van der Waals surface area contributed by atoms with Crippen LogP contribution in [0.25, 0.3) is 10.9 Å². The molecule has 2 aliphatic rings. The van der Waals surface area contributed by atoms with Crippen molar-refractivity contribution in [3.63, 3.8) is 0 Å². The molecule has 2 aliphatic heterocycles. The van der Waals surface area contributed by atoms with E-state index in [4.69, 9.17) is 0 Å². The molecule has 10 heteroatoms. The number of hydrogen-bond acceptors (Lipinski definition) is 5. The Morgan fingerprint density at radius 3 is 2.37 bits per heavy atom. The number of aromatic amines is 1. The summed E-state index contributed by atoms with van der Waals surface area (Å²) in [5.41, 5.74) is 4.06. The van der Waals surface area contributed by atoms with E-state index in [9.17, 15) is 29.4 Å². The van der Waals surface area contributed by atoms with E-state index in [-0.39, 0.29) is 12.3 Å². The lowest BCUT2D eigenvalue weighted by Gasteiger charge is -2.38. The first-order valence-electron chi connectivity index (χ1n) is 12.6. The van der Waals surface area contributed by atoms with Gasteiger partial charge >= 0.3 is 5.97 Å². The van der Waals surface area contributed by atoms with Gasteiger partial charge in [-0.15, -0.1) is 0 Å². The average Bonchev–Trinajstić information content (AvgIpc) is 3.40. The Bertz CT molecular complexity index is 1440. The van der Waals surface area contributed by atoms with Crippen molar-refractivity contribution >= 4 is 34.6 Å². The quantitative estimate of drug-likeness (QED) is 0.321. The Balaban J connectivity index is 1.50. The van der Waals surface area contributed by atoms with Gasteiger partial charge in [0.25, 0.3) is 5.91 Å². The number of H-pyrrole nitrogens is 1. The first kappa shape index (κ1) is 25.5. The summed E-state index contributed by atoms with van der Waals surface area (Å²) in [4.78, 5) is 57.0. The monoisotopic (exact) mass is 518 g/mol. The van der Waals surface area contributed by atoms with Crippen molar-refractivity contribution in [1.82, 2.24) is 20.5 Å². The highest BCUT2D eigenvalue weighted by Crippen LogP contribution is 2.46. The Kier molecular flexibility index (Phi) is 6.44. The van der Waals surface area contributed by atoms with E-state index >= 15 is 0 Å². The molecule has 0 bridgehead atoms. The summed E-state index contributed by atoms with van der Waals surface area (Å²) in [7, 11) is 0. The number of carbonyl (C=O) groups excluding carboxylic acids is 3. The molecule has 5 atom stereocenters. The number of aliphatic hydroxyl groups excluding tert-OH is 1. The van der Waals surface area contributed by atoms with Gasteiger partial charge in [0.05, 0.1) is 12.1 Å². The minimum atomic E-state index is -1.52. The fraction of sp³-hybridized carbons (Fsp3) is 0.357.